The number of benzene rings is 2. The molecule has 1 heterocycles. The zero-order chi connectivity index (χ0) is 16.3. The molecule has 6 heteroatoms. The molecule has 1 N–H and O–H groups in total. The second-order valence-electron chi connectivity index (χ2n) is 5.36. The van der Waals surface area contributed by atoms with Gasteiger partial charge < -0.3 is 15.0 Å². The van der Waals surface area contributed by atoms with E-state index in [1.165, 1.54) is 12.1 Å². The monoisotopic (exact) mass is 322 g/mol. The van der Waals surface area contributed by atoms with Gasteiger partial charge in [-0.05, 0) is 42.5 Å². The highest BCUT2D eigenvalue weighted by Crippen LogP contribution is 2.33. The highest BCUT2D eigenvalue weighted by Gasteiger charge is 2.30. The van der Waals surface area contributed by atoms with Crippen LogP contribution in [-0.2, 0) is 6.18 Å². The summed E-state index contributed by atoms with van der Waals surface area (Å²) in [5.74, 6) is 0.693. The minimum atomic E-state index is -4.37. The molecular weight excluding hydrogens is 305 g/mol. The van der Waals surface area contributed by atoms with Crippen LogP contribution < -0.4 is 15.0 Å². The summed E-state index contributed by atoms with van der Waals surface area (Å²) in [5, 5.41) is 3.29. The molecular formula is C17H17F3N2O. The number of nitrogens with zero attached hydrogens (tertiary/aromatic N) is 1. The van der Waals surface area contributed by atoms with Gasteiger partial charge in [0.15, 0.2) is 0 Å². The van der Waals surface area contributed by atoms with Crippen molar-refractivity contribution in [3.63, 3.8) is 0 Å². The van der Waals surface area contributed by atoms with Crippen molar-refractivity contribution in [2.24, 2.45) is 0 Å². The quantitative estimate of drug-likeness (QED) is 0.927. The van der Waals surface area contributed by atoms with Crippen LogP contribution in [0.25, 0.3) is 0 Å². The number of hydrogen-bond donors (Lipinski definition) is 1. The average molecular weight is 322 g/mol. The predicted octanol–water partition coefficient (Wildman–Crippen LogP) is 3.91. The van der Waals surface area contributed by atoms with Gasteiger partial charge in [-0.3, -0.25) is 0 Å². The molecule has 2 aromatic carbocycles. The van der Waals surface area contributed by atoms with Crippen molar-refractivity contribution < 1.29 is 17.9 Å². The van der Waals surface area contributed by atoms with Gasteiger partial charge in [0.05, 0.1) is 5.56 Å². The van der Waals surface area contributed by atoms with E-state index in [1.807, 2.05) is 12.1 Å². The van der Waals surface area contributed by atoms with E-state index in [-0.39, 0.29) is 5.75 Å². The molecule has 1 saturated heterocycles. The van der Waals surface area contributed by atoms with Crippen molar-refractivity contribution in [2.45, 2.75) is 6.18 Å². The Morgan fingerprint density at radius 1 is 0.913 bits per heavy atom. The number of ether oxygens (including phenoxy) is 1. The second kappa shape index (κ2) is 6.50. The van der Waals surface area contributed by atoms with Gasteiger partial charge in [-0.25, -0.2) is 0 Å². The number of rotatable bonds is 3. The lowest BCUT2D eigenvalue weighted by Gasteiger charge is -2.29. The first-order valence-electron chi connectivity index (χ1n) is 7.43. The van der Waals surface area contributed by atoms with Gasteiger partial charge in [-0.2, -0.15) is 13.2 Å². The Labute approximate surface area is 132 Å². The summed E-state index contributed by atoms with van der Waals surface area (Å²) < 4.78 is 43.6. The first kappa shape index (κ1) is 15.7. The second-order valence-corrected chi connectivity index (χ2v) is 5.36. The Hall–Kier alpha value is -2.21. The van der Waals surface area contributed by atoms with E-state index >= 15 is 0 Å². The van der Waals surface area contributed by atoms with Crippen molar-refractivity contribution in [1.82, 2.24) is 5.32 Å². The highest BCUT2D eigenvalue weighted by atomic mass is 19.4. The van der Waals surface area contributed by atoms with Crippen LogP contribution in [0.1, 0.15) is 5.56 Å². The maximum atomic E-state index is 12.7. The van der Waals surface area contributed by atoms with Crippen LogP contribution in [0.5, 0.6) is 11.5 Å². The maximum absolute atomic E-state index is 12.7. The molecule has 1 aliphatic heterocycles. The molecule has 122 valence electrons. The largest absolute Gasteiger partial charge is 0.457 e. The molecule has 3 nitrogen and oxygen atoms in total. The van der Waals surface area contributed by atoms with E-state index in [9.17, 15) is 13.2 Å². The molecule has 1 aliphatic rings. The average Bonchev–Trinajstić information content (AvgIpc) is 2.56. The highest BCUT2D eigenvalue weighted by molar-refractivity contribution is 5.50. The molecule has 2 aromatic rings. The Morgan fingerprint density at radius 3 is 2.26 bits per heavy atom. The third kappa shape index (κ3) is 3.96. The lowest BCUT2D eigenvalue weighted by atomic mass is 10.2. The lowest BCUT2D eigenvalue weighted by Crippen LogP contribution is -2.43. The molecule has 0 spiro atoms. The first-order valence-corrected chi connectivity index (χ1v) is 7.43. The molecule has 0 saturated carbocycles. The van der Waals surface area contributed by atoms with Crippen molar-refractivity contribution >= 4 is 5.69 Å². The van der Waals surface area contributed by atoms with Crippen LogP contribution in [-0.4, -0.2) is 26.2 Å². The van der Waals surface area contributed by atoms with E-state index in [1.54, 1.807) is 12.1 Å². The van der Waals surface area contributed by atoms with E-state index in [0.717, 1.165) is 44.0 Å². The van der Waals surface area contributed by atoms with Crippen LogP contribution >= 0.6 is 0 Å². The third-order valence-electron chi connectivity index (χ3n) is 3.72. The summed E-state index contributed by atoms with van der Waals surface area (Å²) in [4.78, 5) is 2.25. The fourth-order valence-electron chi connectivity index (χ4n) is 2.52. The summed E-state index contributed by atoms with van der Waals surface area (Å²) in [6.07, 6.45) is -4.37. The first-order chi connectivity index (χ1) is 11.0. The standard InChI is InChI=1S/C17H17F3N2O/c18-17(19,20)13-2-1-3-16(12-13)23-15-6-4-14(5-7-15)22-10-8-21-9-11-22/h1-7,12,21H,8-11H2. The van der Waals surface area contributed by atoms with E-state index in [0.29, 0.717) is 5.75 Å². The van der Waals surface area contributed by atoms with E-state index < -0.39 is 11.7 Å². The molecule has 0 amide bonds. The van der Waals surface area contributed by atoms with Gasteiger partial charge in [0.1, 0.15) is 11.5 Å². The fraction of sp³-hybridized carbons (Fsp3) is 0.294. The zero-order valence-electron chi connectivity index (χ0n) is 12.4. The molecule has 1 fully saturated rings. The SMILES string of the molecule is FC(F)(F)c1cccc(Oc2ccc(N3CCNCC3)cc2)c1. The third-order valence-corrected chi connectivity index (χ3v) is 3.72. The molecule has 0 bridgehead atoms. The number of nitrogens with one attached hydrogen (secondary N) is 1. The van der Waals surface area contributed by atoms with E-state index in [2.05, 4.69) is 10.2 Å². The van der Waals surface area contributed by atoms with Crippen LogP contribution in [0.2, 0.25) is 0 Å². The summed E-state index contributed by atoms with van der Waals surface area (Å²) in [7, 11) is 0. The number of piperazine rings is 1. The normalized spacial score (nSPS) is 15.5. The topological polar surface area (TPSA) is 24.5 Å². The molecule has 0 atom stereocenters. The van der Waals surface area contributed by atoms with Crippen molar-refractivity contribution in [3.05, 3.63) is 54.1 Å². The fourth-order valence-corrected chi connectivity index (χ4v) is 2.52. The Kier molecular flexibility index (Phi) is 4.43. The molecule has 0 unspecified atom stereocenters. The van der Waals surface area contributed by atoms with Crippen molar-refractivity contribution in [2.75, 3.05) is 31.1 Å². The summed E-state index contributed by atoms with van der Waals surface area (Å²) in [6.45, 7) is 3.77. The molecule has 0 aromatic heterocycles. The van der Waals surface area contributed by atoms with Gasteiger partial charge in [0.25, 0.3) is 0 Å². The van der Waals surface area contributed by atoms with Gasteiger partial charge in [0.2, 0.25) is 0 Å². The van der Waals surface area contributed by atoms with Gasteiger partial charge in [-0.1, -0.05) is 6.07 Å². The zero-order valence-corrected chi connectivity index (χ0v) is 12.4. The predicted molar refractivity (Wildman–Crippen MR) is 83.0 cm³/mol. The Balaban J connectivity index is 1.71. The van der Waals surface area contributed by atoms with Gasteiger partial charge >= 0.3 is 6.18 Å². The minimum Gasteiger partial charge on any atom is -0.457 e. The minimum absolute atomic E-state index is 0.176. The molecule has 3 rings (SSSR count). The van der Waals surface area contributed by atoms with Gasteiger partial charge in [0, 0.05) is 31.9 Å². The number of alkyl halides is 3. The van der Waals surface area contributed by atoms with E-state index in [4.69, 9.17) is 4.74 Å². The van der Waals surface area contributed by atoms with Crippen LogP contribution in [0.15, 0.2) is 48.5 Å². The van der Waals surface area contributed by atoms with Crippen LogP contribution in [0.4, 0.5) is 18.9 Å². The van der Waals surface area contributed by atoms with Crippen molar-refractivity contribution in [3.8, 4) is 11.5 Å². The Bertz CT molecular complexity index is 650. The number of hydrogen-bond acceptors (Lipinski definition) is 3. The number of anilines is 1. The van der Waals surface area contributed by atoms with Crippen LogP contribution in [0, 0.1) is 0 Å². The van der Waals surface area contributed by atoms with Gasteiger partial charge in [-0.15, -0.1) is 0 Å². The molecule has 23 heavy (non-hydrogen) atoms. The summed E-state index contributed by atoms with van der Waals surface area (Å²) in [6, 6.07) is 12.3. The summed E-state index contributed by atoms with van der Waals surface area (Å²) in [5.41, 5.74) is 0.371. The number of halogens is 3. The smallest absolute Gasteiger partial charge is 0.416 e. The summed E-state index contributed by atoms with van der Waals surface area (Å²) >= 11 is 0. The van der Waals surface area contributed by atoms with Crippen LogP contribution in [0.3, 0.4) is 0 Å². The maximum Gasteiger partial charge on any atom is 0.416 e. The lowest BCUT2D eigenvalue weighted by molar-refractivity contribution is -0.137. The Morgan fingerprint density at radius 2 is 1.61 bits per heavy atom. The van der Waals surface area contributed by atoms with Crippen molar-refractivity contribution in [1.29, 1.82) is 0 Å². The molecule has 0 radical (unpaired) electrons. The molecule has 0 aliphatic carbocycles.